The van der Waals surface area contributed by atoms with Gasteiger partial charge in [0.25, 0.3) is 0 Å². The Bertz CT molecular complexity index is 1080. The van der Waals surface area contributed by atoms with E-state index in [1.54, 1.807) is 0 Å². The third-order valence-electron chi connectivity index (χ3n) is 7.21. The number of carbonyl (C=O) groups is 1. The fourth-order valence-corrected chi connectivity index (χ4v) is 5.23. The van der Waals surface area contributed by atoms with Gasteiger partial charge < -0.3 is 9.64 Å². The standard InChI is InChI=1S/C30H33NO2/c1-2-27-21-31(30(32)19-22-9-5-3-6-10-22)28-18-17-26(20-29(28)33-27)25-15-13-24(14-16-25)23-11-7-4-8-12-23/h3,5-6,9-10,13-18,20,23,27H,2,4,7-8,11-12,19,21H2,1H3. The number of benzene rings is 3. The normalized spacial score (nSPS) is 18.5. The van der Waals surface area contributed by atoms with Gasteiger partial charge in [-0.05, 0) is 59.6 Å². The van der Waals surface area contributed by atoms with Crippen molar-refractivity contribution in [2.75, 3.05) is 11.4 Å². The fraction of sp³-hybridized carbons (Fsp3) is 0.367. The van der Waals surface area contributed by atoms with E-state index in [9.17, 15) is 4.79 Å². The largest absolute Gasteiger partial charge is 0.486 e. The molecule has 1 saturated carbocycles. The van der Waals surface area contributed by atoms with Crippen molar-refractivity contribution in [1.29, 1.82) is 0 Å². The van der Waals surface area contributed by atoms with E-state index in [2.05, 4.69) is 49.4 Å². The minimum Gasteiger partial charge on any atom is -0.486 e. The Morgan fingerprint density at radius 2 is 1.64 bits per heavy atom. The molecule has 33 heavy (non-hydrogen) atoms. The van der Waals surface area contributed by atoms with Crippen molar-refractivity contribution in [1.82, 2.24) is 0 Å². The van der Waals surface area contributed by atoms with Crippen LogP contribution in [0.15, 0.2) is 72.8 Å². The second kappa shape index (κ2) is 9.82. The molecule has 0 saturated heterocycles. The van der Waals surface area contributed by atoms with Gasteiger partial charge in [0.1, 0.15) is 11.9 Å². The Hall–Kier alpha value is -3.07. The molecule has 3 aromatic rings. The van der Waals surface area contributed by atoms with E-state index in [-0.39, 0.29) is 12.0 Å². The van der Waals surface area contributed by atoms with Crippen LogP contribution < -0.4 is 9.64 Å². The molecule has 1 atom stereocenters. The smallest absolute Gasteiger partial charge is 0.231 e. The minimum absolute atomic E-state index is 0.0150. The average molecular weight is 440 g/mol. The highest BCUT2D eigenvalue weighted by Gasteiger charge is 2.29. The molecule has 1 fully saturated rings. The van der Waals surface area contributed by atoms with E-state index in [1.165, 1.54) is 43.2 Å². The lowest BCUT2D eigenvalue weighted by Gasteiger charge is -2.35. The Labute approximate surface area is 197 Å². The number of carbonyl (C=O) groups excluding carboxylic acids is 1. The van der Waals surface area contributed by atoms with Gasteiger partial charge in [-0.2, -0.15) is 0 Å². The van der Waals surface area contributed by atoms with Crippen LogP contribution in [0.1, 0.15) is 62.5 Å². The maximum Gasteiger partial charge on any atom is 0.231 e. The third kappa shape index (κ3) is 4.83. The number of amides is 1. The maximum atomic E-state index is 13.2. The zero-order chi connectivity index (χ0) is 22.6. The first-order valence-corrected chi connectivity index (χ1v) is 12.5. The van der Waals surface area contributed by atoms with Gasteiger partial charge >= 0.3 is 0 Å². The van der Waals surface area contributed by atoms with E-state index in [0.717, 1.165) is 29.0 Å². The number of nitrogens with zero attached hydrogens (tertiary/aromatic N) is 1. The molecule has 1 unspecified atom stereocenters. The predicted octanol–water partition coefficient (Wildman–Crippen LogP) is 7.15. The summed E-state index contributed by atoms with van der Waals surface area (Å²) in [7, 11) is 0. The minimum atomic E-state index is 0.0150. The molecule has 3 nitrogen and oxygen atoms in total. The average Bonchev–Trinajstić information content (AvgIpc) is 2.89. The number of hydrogen-bond acceptors (Lipinski definition) is 2. The monoisotopic (exact) mass is 439 g/mol. The highest BCUT2D eigenvalue weighted by atomic mass is 16.5. The van der Waals surface area contributed by atoms with Gasteiger partial charge in [-0.3, -0.25) is 4.79 Å². The number of hydrogen-bond donors (Lipinski definition) is 0. The second-order valence-electron chi connectivity index (χ2n) is 9.45. The summed E-state index contributed by atoms with van der Waals surface area (Å²) in [6, 6.07) is 25.3. The molecule has 1 aliphatic carbocycles. The van der Waals surface area contributed by atoms with Crippen LogP contribution in [0.5, 0.6) is 5.75 Å². The van der Waals surface area contributed by atoms with Gasteiger partial charge in [-0.15, -0.1) is 0 Å². The predicted molar refractivity (Wildman–Crippen MR) is 135 cm³/mol. The summed E-state index contributed by atoms with van der Waals surface area (Å²) >= 11 is 0. The van der Waals surface area contributed by atoms with Crippen molar-refractivity contribution in [2.45, 2.75) is 63.9 Å². The lowest BCUT2D eigenvalue weighted by atomic mass is 9.83. The Morgan fingerprint density at radius 1 is 0.909 bits per heavy atom. The zero-order valence-corrected chi connectivity index (χ0v) is 19.5. The molecule has 5 rings (SSSR count). The first-order chi connectivity index (χ1) is 16.2. The number of ether oxygens (including phenoxy) is 1. The summed E-state index contributed by atoms with van der Waals surface area (Å²) in [5.74, 6) is 1.64. The fourth-order valence-electron chi connectivity index (χ4n) is 5.23. The molecule has 3 heteroatoms. The molecular formula is C30H33NO2. The maximum absolute atomic E-state index is 13.2. The van der Waals surface area contributed by atoms with E-state index in [4.69, 9.17) is 4.74 Å². The van der Waals surface area contributed by atoms with Crippen LogP contribution in [0, 0.1) is 0 Å². The van der Waals surface area contributed by atoms with Gasteiger partial charge in [0, 0.05) is 0 Å². The Kier molecular flexibility index (Phi) is 6.48. The van der Waals surface area contributed by atoms with Crippen molar-refractivity contribution < 1.29 is 9.53 Å². The van der Waals surface area contributed by atoms with Crippen LogP contribution >= 0.6 is 0 Å². The van der Waals surface area contributed by atoms with Gasteiger partial charge in [0.2, 0.25) is 5.91 Å². The van der Waals surface area contributed by atoms with Gasteiger partial charge in [-0.25, -0.2) is 0 Å². The first kappa shape index (κ1) is 21.8. The molecule has 1 amide bonds. The number of fused-ring (bicyclic) bond motifs is 1. The van der Waals surface area contributed by atoms with Crippen LogP contribution in [-0.4, -0.2) is 18.6 Å². The van der Waals surface area contributed by atoms with Crippen LogP contribution in [-0.2, 0) is 11.2 Å². The summed E-state index contributed by atoms with van der Waals surface area (Å²) < 4.78 is 6.30. The molecule has 0 N–H and O–H groups in total. The van der Waals surface area contributed by atoms with Gasteiger partial charge in [0.05, 0.1) is 18.7 Å². The second-order valence-corrected chi connectivity index (χ2v) is 9.45. The van der Waals surface area contributed by atoms with Crippen molar-refractivity contribution in [3.8, 4) is 16.9 Å². The molecule has 0 aromatic heterocycles. The topological polar surface area (TPSA) is 29.5 Å². The summed E-state index contributed by atoms with van der Waals surface area (Å²) in [4.78, 5) is 15.1. The molecule has 2 aliphatic rings. The highest BCUT2D eigenvalue weighted by molar-refractivity contribution is 5.97. The summed E-state index contributed by atoms with van der Waals surface area (Å²) in [5.41, 5.74) is 5.72. The molecule has 1 heterocycles. The summed E-state index contributed by atoms with van der Waals surface area (Å²) in [6.07, 6.45) is 8.01. The van der Waals surface area contributed by atoms with Crippen LogP contribution in [0.25, 0.3) is 11.1 Å². The number of rotatable bonds is 5. The Morgan fingerprint density at radius 3 is 2.36 bits per heavy atom. The van der Waals surface area contributed by atoms with E-state index in [1.807, 2.05) is 35.2 Å². The molecular weight excluding hydrogens is 406 g/mol. The zero-order valence-electron chi connectivity index (χ0n) is 19.5. The molecule has 1 aliphatic heterocycles. The van der Waals surface area contributed by atoms with Crippen molar-refractivity contribution in [2.24, 2.45) is 0 Å². The van der Waals surface area contributed by atoms with E-state index < -0.39 is 0 Å². The SMILES string of the molecule is CCC1CN(C(=O)Cc2ccccc2)c2ccc(-c3ccc(C4CCCCC4)cc3)cc2O1. The lowest BCUT2D eigenvalue weighted by Crippen LogP contribution is -2.44. The molecule has 3 aromatic carbocycles. The molecule has 0 spiro atoms. The number of anilines is 1. The first-order valence-electron chi connectivity index (χ1n) is 12.5. The molecule has 170 valence electrons. The Balaban J connectivity index is 1.39. The molecule has 0 bridgehead atoms. The lowest BCUT2D eigenvalue weighted by molar-refractivity contribution is -0.118. The van der Waals surface area contributed by atoms with Crippen LogP contribution in [0.3, 0.4) is 0 Å². The summed E-state index contributed by atoms with van der Waals surface area (Å²) in [5, 5.41) is 0. The van der Waals surface area contributed by atoms with Crippen molar-refractivity contribution >= 4 is 11.6 Å². The highest BCUT2D eigenvalue weighted by Crippen LogP contribution is 2.39. The van der Waals surface area contributed by atoms with Gasteiger partial charge in [-0.1, -0.05) is 86.8 Å². The van der Waals surface area contributed by atoms with E-state index >= 15 is 0 Å². The van der Waals surface area contributed by atoms with Gasteiger partial charge in [0.15, 0.2) is 0 Å². The van der Waals surface area contributed by atoms with E-state index in [0.29, 0.717) is 18.9 Å². The van der Waals surface area contributed by atoms with Crippen molar-refractivity contribution in [3.63, 3.8) is 0 Å². The van der Waals surface area contributed by atoms with Crippen molar-refractivity contribution in [3.05, 3.63) is 83.9 Å². The van der Waals surface area contributed by atoms with Crippen LogP contribution in [0.4, 0.5) is 5.69 Å². The summed E-state index contributed by atoms with van der Waals surface area (Å²) in [6.45, 7) is 2.72. The van der Waals surface area contributed by atoms with Crippen LogP contribution in [0.2, 0.25) is 0 Å². The molecule has 0 radical (unpaired) electrons. The third-order valence-corrected chi connectivity index (χ3v) is 7.21. The quantitative estimate of drug-likeness (QED) is 0.422.